The number of fused-ring (bicyclic) bond motifs is 23. The van der Waals surface area contributed by atoms with Crippen molar-refractivity contribution in [1.82, 2.24) is 0 Å². The minimum absolute atomic E-state index is 0.463. The van der Waals surface area contributed by atoms with Crippen LogP contribution in [0, 0.1) is 61.3 Å². The summed E-state index contributed by atoms with van der Waals surface area (Å²) in [5.74, 6) is 3.23. The van der Waals surface area contributed by atoms with E-state index in [1.807, 2.05) is 0 Å². The molecule has 3 heteroatoms. The minimum atomic E-state index is -0.551. The monoisotopic (exact) mass is 1190 g/mol. The number of rotatable bonds is 11. The van der Waals surface area contributed by atoms with Gasteiger partial charge in [-0.15, -0.1) is 0 Å². The van der Waals surface area contributed by atoms with E-state index in [0.29, 0.717) is 5.92 Å². The Kier molecular flexibility index (Phi) is 12.8. The van der Waals surface area contributed by atoms with Crippen molar-refractivity contribution in [3.8, 4) is 72.9 Å². The molecule has 0 bridgehead atoms. The molecule has 1 unspecified atom stereocenters. The molecule has 450 valence electrons. The number of benzene rings is 12. The molecule has 0 saturated heterocycles. The molecule has 4 aliphatic carbocycles. The van der Waals surface area contributed by atoms with Crippen molar-refractivity contribution in [3.05, 3.63) is 306 Å². The van der Waals surface area contributed by atoms with Gasteiger partial charge in [0.1, 0.15) is 5.75 Å². The molecule has 0 radical (unpaired) electrons. The SMILES string of the molecule is CCCCC(CC)COc1ccc2cc(N3c4ccc(C)cc4Oc4cc(Cc5ccc6c(c5)C5(c7ccc(C)cc7-c7cc(C)ccc75)c5cc(-c7ccc8c(c7)C7(c9cc(C)ccc9-8)c8cc(C)c(C)cc8-c8cc(C)c(C)cc87)ccc5-6)ccc43)ccc2c1. The van der Waals surface area contributed by atoms with Crippen LogP contribution in [0.1, 0.15) is 140 Å². The van der Waals surface area contributed by atoms with E-state index in [4.69, 9.17) is 9.47 Å². The van der Waals surface area contributed by atoms with Crippen LogP contribution in [0.3, 0.4) is 0 Å². The number of nitrogens with zero attached hydrogens (tertiary/aromatic N) is 1. The molecule has 0 N–H and O–H groups in total. The van der Waals surface area contributed by atoms with Gasteiger partial charge in [-0.3, -0.25) is 0 Å². The van der Waals surface area contributed by atoms with Crippen molar-refractivity contribution in [2.24, 2.45) is 5.92 Å². The third-order valence-electron chi connectivity index (χ3n) is 22.0. The molecule has 1 aliphatic heterocycles. The van der Waals surface area contributed by atoms with Crippen molar-refractivity contribution in [1.29, 1.82) is 0 Å². The minimum Gasteiger partial charge on any atom is -0.493 e. The number of hydrogen-bond donors (Lipinski definition) is 0. The van der Waals surface area contributed by atoms with E-state index < -0.39 is 10.8 Å². The molecule has 0 fully saturated rings. The average Bonchev–Trinajstić information content (AvgIpc) is 1.51. The zero-order valence-electron chi connectivity index (χ0n) is 54.7. The van der Waals surface area contributed by atoms with Gasteiger partial charge in [-0.2, -0.15) is 0 Å². The highest BCUT2D eigenvalue weighted by Crippen LogP contribution is 2.66. The first kappa shape index (κ1) is 56.3. The summed E-state index contributed by atoms with van der Waals surface area (Å²) in [6.45, 7) is 23.3. The summed E-state index contributed by atoms with van der Waals surface area (Å²) in [7, 11) is 0. The topological polar surface area (TPSA) is 21.7 Å². The molecule has 3 nitrogen and oxygen atoms in total. The second-order valence-corrected chi connectivity index (χ2v) is 27.8. The standard InChI is InChI=1S/C89H77NO2/c1-11-13-14-59(12-2)50-91-67-26-22-62-46-66(25-21-63(62)47-67)90-84-33-18-54(6)38-86(84)92-87-45-61(20-34-85(87)90)43-60-19-28-69-71-30-24-64(48-82(71)88(81(69)44-60)76-31-16-51(3)35-72(76)73-36-52(4)17-32-77(73)88)65-23-29-70-68-27-15-53(5)37-78(68)89(83(70)49-65)79-41-57(9)55(7)39-74(79)75-40-56(8)58(10)42-80(75)89/h15-42,44-49,59H,11-14,43,50H2,1-10H3. The summed E-state index contributed by atoms with van der Waals surface area (Å²) in [6, 6.07) is 80.6. The Morgan fingerprint density at radius 3 is 1.49 bits per heavy atom. The number of unbranched alkanes of at least 4 members (excludes halogenated alkanes) is 1. The third kappa shape index (κ3) is 8.26. The Balaban J connectivity index is 0.772. The van der Waals surface area contributed by atoms with Crippen LogP contribution >= 0.6 is 0 Å². The maximum Gasteiger partial charge on any atom is 0.151 e. The molecule has 12 aromatic carbocycles. The molecule has 0 amide bonds. The Morgan fingerprint density at radius 1 is 0.380 bits per heavy atom. The van der Waals surface area contributed by atoms with E-state index in [1.54, 1.807) is 0 Å². The van der Waals surface area contributed by atoms with Gasteiger partial charge < -0.3 is 14.4 Å². The van der Waals surface area contributed by atoms with Crippen LogP contribution in [0.25, 0.3) is 66.4 Å². The first-order valence-corrected chi connectivity index (χ1v) is 33.6. The van der Waals surface area contributed by atoms with Gasteiger partial charge in [-0.1, -0.05) is 195 Å². The van der Waals surface area contributed by atoms with Crippen LogP contribution in [-0.2, 0) is 17.3 Å². The van der Waals surface area contributed by atoms with Crippen LogP contribution < -0.4 is 14.4 Å². The number of hydrogen-bond acceptors (Lipinski definition) is 3. The van der Waals surface area contributed by atoms with Gasteiger partial charge in [0, 0.05) is 5.69 Å². The Morgan fingerprint density at radius 2 is 0.848 bits per heavy atom. The summed E-state index contributed by atoms with van der Waals surface area (Å²) >= 11 is 0. The number of aryl methyl sites for hydroxylation is 8. The van der Waals surface area contributed by atoms with E-state index in [0.717, 1.165) is 59.3 Å². The maximum absolute atomic E-state index is 6.97. The summed E-state index contributed by atoms with van der Waals surface area (Å²) < 4.78 is 13.4. The lowest BCUT2D eigenvalue weighted by Gasteiger charge is -2.33. The first-order chi connectivity index (χ1) is 44.7. The van der Waals surface area contributed by atoms with Crippen LogP contribution in [0.4, 0.5) is 17.1 Å². The smallest absolute Gasteiger partial charge is 0.151 e. The molecule has 1 atom stereocenters. The van der Waals surface area contributed by atoms with E-state index >= 15 is 0 Å². The van der Waals surface area contributed by atoms with E-state index in [2.05, 4.69) is 280 Å². The fourth-order valence-corrected chi connectivity index (χ4v) is 17.0. The largest absolute Gasteiger partial charge is 0.493 e. The van der Waals surface area contributed by atoms with Gasteiger partial charge in [0.15, 0.2) is 11.5 Å². The third-order valence-corrected chi connectivity index (χ3v) is 22.0. The van der Waals surface area contributed by atoms with Gasteiger partial charge in [0.05, 0.1) is 28.8 Å². The zero-order chi connectivity index (χ0) is 62.6. The van der Waals surface area contributed by atoms with Gasteiger partial charge in [-0.25, -0.2) is 0 Å². The van der Waals surface area contributed by atoms with E-state index in [-0.39, 0.29) is 0 Å². The normalized spacial score (nSPS) is 14.4. The lowest BCUT2D eigenvalue weighted by Crippen LogP contribution is -2.26. The Labute approximate surface area is 543 Å². The van der Waals surface area contributed by atoms with Crippen molar-refractivity contribution in [2.75, 3.05) is 11.5 Å². The lowest BCUT2D eigenvalue weighted by molar-refractivity contribution is 0.233. The van der Waals surface area contributed by atoms with Crippen LogP contribution in [-0.4, -0.2) is 6.61 Å². The molecular formula is C89H77NO2. The van der Waals surface area contributed by atoms with Gasteiger partial charge in [0.25, 0.3) is 0 Å². The molecule has 0 saturated carbocycles. The molecule has 1 heterocycles. The average molecular weight is 1190 g/mol. The lowest BCUT2D eigenvalue weighted by atomic mass is 9.69. The van der Waals surface area contributed by atoms with Gasteiger partial charge >= 0.3 is 0 Å². The van der Waals surface area contributed by atoms with Crippen LogP contribution in [0.15, 0.2) is 206 Å². The fourth-order valence-electron chi connectivity index (χ4n) is 17.0. The summed E-state index contributed by atoms with van der Waals surface area (Å²) in [6.07, 6.45) is 5.56. The molecule has 0 aromatic heterocycles. The predicted molar refractivity (Wildman–Crippen MR) is 383 cm³/mol. The van der Waals surface area contributed by atoms with Crippen molar-refractivity contribution < 1.29 is 9.47 Å². The second-order valence-electron chi connectivity index (χ2n) is 27.8. The number of anilines is 3. The summed E-state index contributed by atoms with van der Waals surface area (Å²) in [4.78, 5) is 2.38. The molecule has 2 spiro atoms. The fraction of sp³-hybridized carbons (Fsp3) is 0.213. The quantitative estimate of drug-likeness (QED) is 0.129. The Bertz CT molecular complexity index is 5040. The first-order valence-electron chi connectivity index (χ1n) is 33.6. The van der Waals surface area contributed by atoms with E-state index in [1.165, 1.54) is 180 Å². The highest BCUT2D eigenvalue weighted by molar-refractivity contribution is 6.00. The number of ether oxygens (including phenoxy) is 2. The van der Waals surface area contributed by atoms with Crippen molar-refractivity contribution in [3.63, 3.8) is 0 Å². The highest BCUT2D eigenvalue weighted by Gasteiger charge is 2.54. The summed E-state index contributed by atoms with van der Waals surface area (Å²) in [5, 5.41) is 2.34. The van der Waals surface area contributed by atoms with Crippen LogP contribution in [0.2, 0.25) is 0 Å². The molecule has 5 aliphatic rings. The van der Waals surface area contributed by atoms with Crippen LogP contribution in [0.5, 0.6) is 17.2 Å². The summed E-state index contributed by atoms with van der Waals surface area (Å²) in [5.41, 5.74) is 39.0. The van der Waals surface area contributed by atoms with Crippen molar-refractivity contribution in [2.45, 2.75) is 112 Å². The molecule has 12 aromatic rings. The predicted octanol–water partition coefficient (Wildman–Crippen LogP) is 23.4. The van der Waals surface area contributed by atoms with E-state index in [9.17, 15) is 0 Å². The van der Waals surface area contributed by atoms with Crippen molar-refractivity contribution >= 4 is 27.8 Å². The molecular weight excluding hydrogens is 1110 g/mol. The molecule has 17 rings (SSSR count). The highest BCUT2D eigenvalue weighted by atomic mass is 16.5. The van der Waals surface area contributed by atoms with Gasteiger partial charge in [-0.05, 0) is 285 Å². The Hall–Kier alpha value is -9.70. The molecule has 92 heavy (non-hydrogen) atoms. The zero-order valence-corrected chi connectivity index (χ0v) is 54.7. The maximum atomic E-state index is 6.97. The second kappa shape index (κ2) is 20.9. The van der Waals surface area contributed by atoms with Gasteiger partial charge in [0.2, 0.25) is 0 Å².